The van der Waals surface area contributed by atoms with Crippen LogP contribution in [0.4, 0.5) is 0 Å². The number of nitrogens with zero attached hydrogens (tertiary/aromatic N) is 1. The first kappa shape index (κ1) is 21.6. The summed E-state index contributed by atoms with van der Waals surface area (Å²) < 4.78 is 10.1. The van der Waals surface area contributed by atoms with Crippen molar-refractivity contribution in [2.45, 2.75) is 43.2 Å². The molecule has 0 saturated carbocycles. The van der Waals surface area contributed by atoms with Gasteiger partial charge in [0.15, 0.2) is 0 Å². The zero-order valence-electron chi connectivity index (χ0n) is 16.6. The van der Waals surface area contributed by atoms with Gasteiger partial charge < -0.3 is 19.7 Å². The lowest BCUT2D eigenvalue weighted by Crippen LogP contribution is -2.59. The van der Waals surface area contributed by atoms with Crippen LogP contribution in [0, 0.1) is 0 Å². The molecule has 6 nitrogen and oxygen atoms in total. The number of rotatable bonds is 8. The van der Waals surface area contributed by atoms with E-state index < -0.39 is 6.04 Å². The molecule has 1 atom stereocenters. The van der Waals surface area contributed by atoms with Crippen LogP contribution in [0.5, 0.6) is 5.75 Å². The monoisotopic (exact) mass is 394 g/mol. The molecular formula is C20H30N2O4S. The van der Waals surface area contributed by atoms with Gasteiger partial charge in [-0.05, 0) is 57.6 Å². The number of methoxy groups -OCH3 is 1. The SMILES string of the molecule is CCOC(=O)C(NC(C)=O)C1(SCc2ccc(OC)cc2)CCN(C)CC1. The van der Waals surface area contributed by atoms with Gasteiger partial charge in [0, 0.05) is 17.4 Å². The second-order valence-electron chi connectivity index (χ2n) is 6.89. The van der Waals surface area contributed by atoms with Gasteiger partial charge in [0.25, 0.3) is 0 Å². The molecule has 0 aromatic heterocycles. The Morgan fingerprint density at radius 1 is 1.26 bits per heavy atom. The molecule has 1 unspecified atom stereocenters. The topological polar surface area (TPSA) is 67.9 Å². The predicted octanol–water partition coefficient (Wildman–Crippen LogP) is 2.46. The van der Waals surface area contributed by atoms with Crippen molar-refractivity contribution in [2.75, 3.05) is 33.9 Å². The van der Waals surface area contributed by atoms with E-state index in [1.165, 1.54) is 6.92 Å². The van der Waals surface area contributed by atoms with Crippen LogP contribution in [0.15, 0.2) is 24.3 Å². The molecule has 2 rings (SSSR count). The van der Waals surface area contributed by atoms with Crippen molar-refractivity contribution in [3.8, 4) is 5.75 Å². The van der Waals surface area contributed by atoms with Crippen LogP contribution in [0.1, 0.15) is 32.3 Å². The molecule has 7 heteroatoms. The van der Waals surface area contributed by atoms with Crippen molar-refractivity contribution >= 4 is 23.6 Å². The van der Waals surface area contributed by atoms with Gasteiger partial charge in [0.2, 0.25) is 5.91 Å². The number of likely N-dealkylation sites (tertiary alicyclic amines) is 1. The standard InChI is InChI=1S/C20H30N2O4S/c1-5-26-19(24)18(21-15(2)23)20(10-12-22(3)13-11-20)27-14-16-6-8-17(25-4)9-7-16/h6-9,18H,5,10-14H2,1-4H3,(H,21,23). The number of carbonyl (C=O) groups is 2. The third-order valence-electron chi connectivity index (χ3n) is 4.91. The van der Waals surface area contributed by atoms with E-state index in [9.17, 15) is 9.59 Å². The van der Waals surface area contributed by atoms with E-state index >= 15 is 0 Å². The fraction of sp³-hybridized carbons (Fsp3) is 0.600. The summed E-state index contributed by atoms with van der Waals surface area (Å²) in [6.45, 7) is 5.29. The molecule has 0 spiro atoms. The minimum absolute atomic E-state index is 0.212. The maximum atomic E-state index is 12.7. The Kier molecular flexibility index (Phi) is 7.98. The van der Waals surface area contributed by atoms with Gasteiger partial charge in [-0.1, -0.05) is 12.1 Å². The third-order valence-corrected chi connectivity index (χ3v) is 6.61. The summed E-state index contributed by atoms with van der Waals surface area (Å²) in [6.07, 6.45) is 1.63. The number of hydrogen-bond donors (Lipinski definition) is 1. The van der Waals surface area contributed by atoms with Crippen molar-refractivity contribution in [1.82, 2.24) is 10.2 Å². The Morgan fingerprint density at radius 3 is 2.41 bits per heavy atom. The van der Waals surface area contributed by atoms with Gasteiger partial charge in [-0.3, -0.25) is 4.79 Å². The van der Waals surface area contributed by atoms with Gasteiger partial charge in [-0.15, -0.1) is 11.8 Å². The van der Waals surface area contributed by atoms with Crippen LogP contribution in [0.25, 0.3) is 0 Å². The number of hydrogen-bond acceptors (Lipinski definition) is 6. The first-order chi connectivity index (χ1) is 12.9. The number of benzene rings is 1. The minimum Gasteiger partial charge on any atom is -0.497 e. The van der Waals surface area contributed by atoms with Crippen LogP contribution in [-0.2, 0) is 20.1 Å². The summed E-state index contributed by atoms with van der Waals surface area (Å²) in [7, 11) is 3.73. The molecule has 1 aromatic rings. The van der Waals surface area contributed by atoms with Gasteiger partial charge in [-0.2, -0.15) is 0 Å². The van der Waals surface area contributed by atoms with Crippen molar-refractivity contribution in [3.63, 3.8) is 0 Å². The molecule has 0 radical (unpaired) electrons. The largest absolute Gasteiger partial charge is 0.497 e. The second-order valence-corrected chi connectivity index (χ2v) is 8.28. The number of ether oxygens (including phenoxy) is 2. The van der Waals surface area contributed by atoms with Crippen molar-refractivity contribution in [1.29, 1.82) is 0 Å². The second kappa shape index (κ2) is 9.99. The van der Waals surface area contributed by atoms with Gasteiger partial charge in [0.1, 0.15) is 11.8 Å². The lowest BCUT2D eigenvalue weighted by molar-refractivity contribution is -0.148. The summed E-state index contributed by atoms with van der Waals surface area (Å²) in [4.78, 5) is 26.7. The molecule has 1 amide bonds. The highest BCUT2D eigenvalue weighted by Gasteiger charge is 2.46. The van der Waals surface area contributed by atoms with E-state index in [4.69, 9.17) is 9.47 Å². The van der Waals surface area contributed by atoms with Crippen LogP contribution in [-0.4, -0.2) is 61.4 Å². The fourth-order valence-corrected chi connectivity index (χ4v) is 4.74. The van der Waals surface area contributed by atoms with Crippen LogP contribution in [0.3, 0.4) is 0 Å². The van der Waals surface area contributed by atoms with E-state index in [0.29, 0.717) is 6.61 Å². The van der Waals surface area contributed by atoms with Crippen molar-refractivity contribution in [2.24, 2.45) is 0 Å². The maximum Gasteiger partial charge on any atom is 0.330 e. The summed E-state index contributed by atoms with van der Waals surface area (Å²) >= 11 is 1.73. The lowest BCUT2D eigenvalue weighted by Gasteiger charge is -2.44. The molecule has 0 bridgehead atoms. The predicted molar refractivity (Wildman–Crippen MR) is 108 cm³/mol. The van der Waals surface area contributed by atoms with Crippen molar-refractivity contribution < 1.29 is 19.1 Å². The van der Waals surface area contributed by atoms with Gasteiger partial charge in [0.05, 0.1) is 13.7 Å². The Balaban J connectivity index is 2.22. The Labute approximate surface area is 166 Å². The normalized spacial score (nSPS) is 17.8. The van der Waals surface area contributed by atoms with E-state index in [0.717, 1.165) is 43.0 Å². The summed E-state index contributed by atoms with van der Waals surface area (Å²) in [5.74, 6) is 1.01. The quantitative estimate of drug-likeness (QED) is 0.683. The highest BCUT2D eigenvalue weighted by Crippen LogP contribution is 2.41. The summed E-state index contributed by atoms with van der Waals surface area (Å²) in [5.41, 5.74) is 1.16. The number of piperidine rings is 1. The van der Waals surface area contributed by atoms with Crippen LogP contribution < -0.4 is 10.1 Å². The average Bonchev–Trinajstić information content (AvgIpc) is 2.66. The number of thioether (sulfide) groups is 1. The zero-order valence-corrected chi connectivity index (χ0v) is 17.4. The number of amides is 1. The minimum atomic E-state index is -0.646. The maximum absolute atomic E-state index is 12.7. The average molecular weight is 395 g/mol. The number of carbonyl (C=O) groups excluding carboxylic acids is 2. The zero-order chi connectivity index (χ0) is 19.9. The molecular weight excluding hydrogens is 364 g/mol. The van der Waals surface area contributed by atoms with Crippen LogP contribution >= 0.6 is 11.8 Å². The molecule has 1 N–H and O–H groups in total. The highest BCUT2D eigenvalue weighted by molar-refractivity contribution is 8.00. The third kappa shape index (κ3) is 5.87. The molecule has 0 aliphatic carbocycles. The number of nitrogens with one attached hydrogen (secondary N) is 1. The number of esters is 1. The molecule has 27 heavy (non-hydrogen) atoms. The summed E-state index contributed by atoms with van der Waals surface area (Å²) in [5, 5.41) is 2.87. The lowest BCUT2D eigenvalue weighted by atomic mass is 9.88. The molecule has 1 heterocycles. The molecule has 1 aromatic carbocycles. The van der Waals surface area contributed by atoms with Gasteiger partial charge >= 0.3 is 5.97 Å². The van der Waals surface area contributed by atoms with E-state index in [-0.39, 0.29) is 16.6 Å². The first-order valence-electron chi connectivity index (χ1n) is 9.29. The van der Waals surface area contributed by atoms with Gasteiger partial charge in [-0.25, -0.2) is 4.79 Å². The fourth-order valence-electron chi connectivity index (χ4n) is 3.30. The summed E-state index contributed by atoms with van der Waals surface area (Å²) in [6, 6.07) is 7.30. The Hall–Kier alpha value is -1.73. The Morgan fingerprint density at radius 2 is 1.89 bits per heavy atom. The molecule has 1 fully saturated rings. The first-order valence-corrected chi connectivity index (χ1v) is 10.3. The molecule has 150 valence electrons. The smallest absolute Gasteiger partial charge is 0.330 e. The molecule has 1 saturated heterocycles. The van der Waals surface area contributed by atoms with E-state index in [1.807, 2.05) is 24.3 Å². The molecule has 1 aliphatic rings. The highest BCUT2D eigenvalue weighted by atomic mass is 32.2. The van der Waals surface area contributed by atoms with Crippen LogP contribution in [0.2, 0.25) is 0 Å². The molecule has 1 aliphatic heterocycles. The van der Waals surface area contributed by atoms with E-state index in [1.54, 1.807) is 25.8 Å². The Bertz CT molecular complexity index is 627. The van der Waals surface area contributed by atoms with Crippen molar-refractivity contribution in [3.05, 3.63) is 29.8 Å². The van der Waals surface area contributed by atoms with E-state index in [2.05, 4.69) is 17.3 Å².